The average Bonchev–Trinajstić information content (AvgIpc) is 3.47. The zero-order valence-corrected chi connectivity index (χ0v) is 30.0. The number of aromatic nitrogens is 2. The van der Waals surface area contributed by atoms with Gasteiger partial charge < -0.3 is 5.32 Å². The Morgan fingerprint density at radius 1 is 0.811 bits per heavy atom. The fraction of sp³-hybridized carbons (Fsp3) is 0.111. The van der Waals surface area contributed by atoms with Crippen LogP contribution in [0.15, 0.2) is 95.8 Å². The first-order valence-corrected chi connectivity index (χ1v) is 19.7. The van der Waals surface area contributed by atoms with Crippen LogP contribution in [0.1, 0.15) is 11.3 Å². The summed E-state index contributed by atoms with van der Waals surface area (Å²) in [6, 6.07) is 3.94. The maximum atomic E-state index is 13.1. The van der Waals surface area contributed by atoms with Crippen molar-refractivity contribution in [1.29, 1.82) is 0 Å². The number of amides is 2. The van der Waals surface area contributed by atoms with Gasteiger partial charge in [-0.25, -0.2) is 5.01 Å². The fourth-order valence-corrected chi connectivity index (χ4v) is 6.71. The standard InChI is InChI=1S/C27H26N6O16S4/c1-32-26(35)17(21(29-32)14-49-31-20-13-16(51(40,41)42)9-11-23(20)53(46,47)48)6-4-3-5-7-18-24(30-33(2)27(18)36)25(34)28-19-12-15(50(37,38)39)8-10-22(19)52(43,44)45/h3-13,29,31H,14H2,1-2H3,(H,28,34)(H,37,38,39)(H,40,41,42)(H,43,44,45)(H,46,47,48). The van der Waals surface area contributed by atoms with Gasteiger partial charge in [0.25, 0.3) is 57.8 Å². The molecule has 1 aliphatic heterocycles. The first kappa shape index (κ1) is 40.5. The van der Waals surface area contributed by atoms with Gasteiger partial charge in [-0.3, -0.25) is 52.7 Å². The summed E-state index contributed by atoms with van der Waals surface area (Å²) in [5, 5.41) is 9.29. The van der Waals surface area contributed by atoms with E-state index in [9.17, 15) is 66.3 Å². The Hall–Kier alpha value is -5.32. The molecule has 0 atom stereocenters. The van der Waals surface area contributed by atoms with Crippen molar-refractivity contribution in [3.63, 3.8) is 0 Å². The number of rotatable bonds is 13. The van der Waals surface area contributed by atoms with Crippen molar-refractivity contribution in [2.24, 2.45) is 12.1 Å². The maximum absolute atomic E-state index is 13.1. The number of allylic oxidation sites excluding steroid dienone is 4. The van der Waals surface area contributed by atoms with E-state index < -0.39 is 101 Å². The van der Waals surface area contributed by atoms with Crippen LogP contribution in [0, 0.1) is 0 Å². The second-order valence-electron chi connectivity index (χ2n) is 10.5. The van der Waals surface area contributed by atoms with Gasteiger partial charge in [-0.05, 0) is 48.6 Å². The van der Waals surface area contributed by atoms with Crippen LogP contribution in [-0.2, 0) is 68.6 Å². The van der Waals surface area contributed by atoms with E-state index in [0.717, 1.165) is 21.8 Å². The molecular weight excluding hydrogens is 793 g/mol. The Bertz CT molecular complexity index is 2660. The molecule has 0 fully saturated rings. The third-order valence-electron chi connectivity index (χ3n) is 6.86. The summed E-state index contributed by atoms with van der Waals surface area (Å²) in [5.41, 5.74) is -0.520. The zero-order chi connectivity index (χ0) is 39.7. The van der Waals surface area contributed by atoms with Crippen LogP contribution in [0.4, 0.5) is 11.4 Å². The van der Waals surface area contributed by atoms with Crippen LogP contribution in [0.25, 0.3) is 6.08 Å². The van der Waals surface area contributed by atoms with Crippen molar-refractivity contribution in [2.45, 2.75) is 26.2 Å². The minimum absolute atomic E-state index is 0.00774. The van der Waals surface area contributed by atoms with Crippen LogP contribution in [-0.4, -0.2) is 91.2 Å². The molecule has 0 saturated carbocycles. The number of hydrogen-bond donors (Lipinski definition) is 7. The molecule has 7 N–H and O–H groups in total. The quantitative estimate of drug-likeness (QED) is 0.0524. The number of nitrogens with zero attached hydrogens (tertiary/aromatic N) is 3. The number of likely N-dealkylation sites (N-methyl/N-ethyl adjacent to an activating group) is 1. The predicted octanol–water partition coefficient (Wildman–Crippen LogP) is 0.206. The molecule has 3 aromatic rings. The lowest BCUT2D eigenvalue weighted by Crippen LogP contribution is -2.25. The van der Waals surface area contributed by atoms with E-state index >= 15 is 0 Å². The Morgan fingerprint density at radius 3 is 1.91 bits per heavy atom. The summed E-state index contributed by atoms with van der Waals surface area (Å²) in [6.45, 7) is -0.479. The number of aromatic amines is 1. The van der Waals surface area contributed by atoms with Crippen molar-refractivity contribution < 1.29 is 66.3 Å². The molecule has 1 aliphatic rings. The number of carbonyl (C=O) groups is 2. The third kappa shape index (κ3) is 9.57. The summed E-state index contributed by atoms with van der Waals surface area (Å²) < 4.78 is 132. The van der Waals surface area contributed by atoms with Gasteiger partial charge in [-0.2, -0.15) is 38.8 Å². The molecule has 0 unspecified atom stereocenters. The smallest absolute Gasteiger partial charge is 0.296 e. The molecule has 2 aromatic carbocycles. The molecule has 2 heterocycles. The maximum Gasteiger partial charge on any atom is 0.296 e. The van der Waals surface area contributed by atoms with Gasteiger partial charge >= 0.3 is 0 Å². The third-order valence-corrected chi connectivity index (χ3v) is 10.4. The molecule has 0 bridgehead atoms. The van der Waals surface area contributed by atoms with Crippen molar-refractivity contribution in [3.05, 3.63) is 87.9 Å². The number of hydrogen-bond acceptors (Lipinski definition) is 14. The van der Waals surface area contributed by atoms with Crippen LogP contribution >= 0.6 is 0 Å². The number of aryl methyl sites for hydroxylation is 1. The fourth-order valence-electron chi connectivity index (χ4n) is 4.45. The van der Waals surface area contributed by atoms with E-state index in [2.05, 4.69) is 15.7 Å². The highest BCUT2D eigenvalue weighted by molar-refractivity contribution is 7.87. The molecule has 4 rings (SSSR count). The predicted molar refractivity (Wildman–Crippen MR) is 182 cm³/mol. The number of hydrazone groups is 1. The Labute approximate surface area is 299 Å². The topological polar surface area (TPSA) is 338 Å². The Morgan fingerprint density at radius 2 is 1.36 bits per heavy atom. The van der Waals surface area contributed by atoms with E-state index in [1.165, 1.54) is 38.4 Å². The van der Waals surface area contributed by atoms with Crippen molar-refractivity contribution in [1.82, 2.24) is 14.8 Å². The normalized spacial score (nSPS) is 15.1. The lowest BCUT2D eigenvalue weighted by Gasteiger charge is -2.11. The van der Waals surface area contributed by atoms with Crippen molar-refractivity contribution in [3.8, 4) is 0 Å². The minimum atomic E-state index is -5.02. The molecule has 53 heavy (non-hydrogen) atoms. The lowest BCUT2D eigenvalue weighted by atomic mass is 10.1. The van der Waals surface area contributed by atoms with Gasteiger partial charge in [0, 0.05) is 14.1 Å². The monoisotopic (exact) mass is 818 g/mol. The van der Waals surface area contributed by atoms with Gasteiger partial charge in [0.2, 0.25) is 0 Å². The highest BCUT2D eigenvalue weighted by atomic mass is 32.2. The van der Waals surface area contributed by atoms with Gasteiger partial charge in [-0.1, -0.05) is 18.2 Å². The van der Waals surface area contributed by atoms with E-state index in [4.69, 9.17) is 4.84 Å². The summed E-state index contributed by atoms with van der Waals surface area (Å²) in [5.74, 6) is -2.01. The van der Waals surface area contributed by atoms with Gasteiger partial charge in [0.05, 0.1) is 38.0 Å². The largest absolute Gasteiger partial charge is 0.319 e. The molecule has 0 spiro atoms. The van der Waals surface area contributed by atoms with Crippen LogP contribution in [0.3, 0.4) is 0 Å². The van der Waals surface area contributed by atoms with Gasteiger partial charge in [0.15, 0.2) is 5.71 Å². The van der Waals surface area contributed by atoms with Gasteiger partial charge in [0.1, 0.15) is 16.4 Å². The van der Waals surface area contributed by atoms with Crippen molar-refractivity contribution in [2.75, 3.05) is 17.8 Å². The van der Waals surface area contributed by atoms with E-state index in [1.54, 1.807) is 0 Å². The summed E-state index contributed by atoms with van der Waals surface area (Å²) in [7, 11) is -17.0. The van der Waals surface area contributed by atoms with Crippen LogP contribution < -0.4 is 16.4 Å². The number of carbonyl (C=O) groups excluding carboxylic acids is 2. The van der Waals surface area contributed by atoms with Gasteiger partial charge in [-0.15, -0.1) is 0 Å². The molecule has 0 aliphatic carbocycles. The summed E-state index contributed by atoms with van der Waals surface area (Å²) in [4.78, 5) is 40.4. The molecule has 22 nitrogen and oxygen atoms in total. The lowest BCUT2D eigenvalue weighted by molar-refractivity contribution is -0.124. The number of nitrogens with one attached hydrogen (secondary N) is 3. The molecule has 284 valence electrons. The zero-order valence-electron chi connectivity index (χ0n) is 26.7. The molecule has 1 aromatic heterocycles. The Kier molecular flexibility index (Phi) is 11.4. The van der Waals surface area contributed by atoms with E-state index in [1.807, 2.05) is 5.32 Å². The highest BCUT2D eigenvalue weighted by Gasteiger charge is 2.33. The van der Waals surface area contributed by atoms with Crippen molar-refractivity contribution >= 4 is 75.4 Å². The molecule has 2 amide bonds. The second-order valence-corrected chi connectivity index (χ2v) is 16.2. The molecular formula is C27H26N6O16S4. The number of H-pyrrole nitrogens is 1. The molecule has 0 radical (unpaired) electrons. The van der Waals surface area contributed by atoms with E-state index in [0.29, 0.717) is 30.3 Å². The molecule has 26 heteroatoms. The van der Waals surface area contributed by atoms with Crippen LogP contribution in [0.5, 0.6) is 0 Å². The summed E-state index contributed by atoms with van der Waals surface area (Å²) in [6.07, 6.45) is 6.31. The van der Waals surface area contributed by atoms with E-state index in [-0.39, 0.29) is 16.8 Å². The summed E-state index contributed by atoms with van der Waals surface area (Å²) >= 11 is 0. The first-order valence-electron chi connectivity index (χ1n) is 14.0. The Balaban J connectivity index is 1.54. The SMILES string of the molecule is CN1N=C(C(=O)Nc2cc(S(=O)(=O)O)ccc2S(=O)(=O)O)C(=CC=CC=Cc2c(CONc3cc(S(=O)(=O)O)ccc3S(=O)(=O)O)[nH]n(C)c2=O)C1=O. The number of anilines is 2. The average molecular weight is 819 g/mol. The molecule has 0 saturated heterocycles. The number of benzene rings is 2. The van der Waals surface area contributed by atoms with Crippen LogP contribution in [0.2, 0.25) is 0 Å². The first-order chi connectivity index (χ1) is 24.4. The minimum Gasteiger partial charge on any atom is -0.319 e. The highest BCUT2D eigenvalue weighted by Crippen LogP contribution is 2.27. The second kappa shape index (κ2) is 15.0.